The van der Waals surface area contributed by atoms with E-state index >= 15 is 0 Å². The minimum Gasteiger partial charge on any atom is -0.352 e. The molecule has 1 atom stereocenters. The topological polar surface area (TPSA) is 139 Å². The second-order valence-electron chi connectivity index (χ2n) is 15.8. The molecule has 0 aliphatic heterocycles. The van der Waals surface area contributed by atoms with E-state index in [1.165, 1.54) is 180 Å². The first-order chi connectivity index (χ1) is 25.4. The van der Waals surface area contributed by atoms with E-state index in [9.17, 15) is 14.4 Å². The van der Waals surface area contributed by atoms with Crippen molar-refractivity contribution in [3.05, 3.63) is 0 Å². The van der Waals surface area contributed by atoms with Crippen LogP contribution in [0.3, 0.4) is 0 Å². The summed E-state index contributed by atoms with van der Waals surface area (Å²) in [5, 5.41) is 8.40. The molecule has 7 N–H and O–H groups in total. The van der Waals surface area contributed by atoms with Gasteiger partial charge in [0, 0.05) is 6.04 Å². The highest BCUT2D eigenvalue weighted by Crippen LogP contribution is 2.17. The van der Waals surface area contributed by atoms with E-state index in [1.54, 1.807) is 0 Å². The number of nitrogens with one attached hydrogen (secondary N) is 3. The number of amides is 3. The Morgan fingerprint density at radius 3 is 1.10 bits per heavy atom. The molecule has 52 heavy (non-hydrogen) atoms. The quantitative estimate of drug-likeness (QED) is 0.0398. The van der Waals surface area contributed by atoms with E-state index in [1.807, 2.05) is 0 Å². The molecule has 0 radical (unpaired) electrons. The van der Waals surface area contributed by atoms with Crippen LogP contribution in [0.1, 0.15) is 232 Å². The fourth-order valence-electron chi connectivity index (χ4n) is 7.10. The number of unbranched alkanes of at least 4 members (excludes halogenated alkanes) is 28. The van der Waals surface area contributed by atoms with Crippen LogP contribution in [0.2, 0.25) is 0 Å². The molecule has 0 fully saturated rings. The molecule has 8 heteroatoms. The molecular formula is C44H89N5O3. The van der Waals surface area contributed by atoms with Crippen molar-refractivity contribution in [3.63, 3.8) is 0 Å². The summed E-state index contributed by atoms with van der Waals surface area (Å²) < 4.78 is 0. The van der Waals surface area contributed by atoms with Crippen LogP contribution in [-0.2, 0) is 14.4 Å². The third kappa shape index (κ3) is 36.7. The summed E-state index contributed by atoms with van der Waals surface area (Å²) in [6, 6.07) is -0.534. The third-order valence-corrected chi connectivity index (χ3v) is 10.6. The van der Waals surface area contributed by atoms with Crippen molar-refractivity contribution in [2.75, 3.05) is 19.6 Å². The number of nitrogens with two attached hydrogens (primary N) is 2. The molecule has 0 spiro atoms. The van der Waals surface area contributed by atoms with Crippen LogP contribution in [0.25, 0.3) is 0 Å². The molecule has 0 rings (SSSR count). The van der Waals surface area contributed by atoms with Gasteiger partial charge in [0.25, 0.3) is 0 Å². The molecular weight excluding hydrogens is 647 g/mol. The van der Waals surface area contributed by atoms with Crippen molar-refractivity contribution in [2.24, 2.45) is 11.5 Å². The van der Waals surface area contributed by atoms with Gasteiger partial charge >= 0.3 is 0 Å². The number of hydrogen-bond donors (Lipinski definition) is 5. The smallest absolute Gasteiger partial charge is 0.239 e. The molecule has 0 unspecified atom stereocenters. The zero-order valence-corrected chi connectivity index (χ0v) is 34.7. The SMILES string of the molecule is CCCCCCCCCCCCCCCCCC(CCCCCCCCCCCCCCCCC)NC(=O)CNC(=O)CNC(=O)[C@@H](N)CCCN. The predicted molar refractivity (Wildman–Crippen MR) is 223 cm³/mol. The summed E-state index contributed by atoms with van der Waals surface area (Å²) in [5.74, 6) is -0.928. The average molecular weight is 736 g/mol. The molecule has 0 aliphatic rings. The van der Waals surface area contributed by atoms with E-state index < -0.39 is 11.9 Å². The van der Waals surface area contributed by atoms with Gasteiger partial charge in [-0.1, -0.05) is 206 Å². The first-order valence-corrected chi connectivity index (χ1v) is 22.7. The molecule has 0 heterocycles. The second kappa shape index (κ2) is 40.5. The van der Waals surface area contributed by atoms with Crippen LogP contribution in [0.15, 0.2) is 0 Å². The van der Waals surface area contributed by atoms with E-state index in [0.29, 0.717) is 19.4 Å². The lowest BCUT2D eigenvalue weighted by atomic mass is 9.99. The monoisotopic (exact) mass is 736 g/mol. The average Bonchev–Trinajstić information content (AvgIpc) is 3.14. The fraction of sp³-hybridized carbons (Fsp3) is 0.932. The maximum atomic E-state index is 12.8. The van der Waals surface area contributed by atoms with E-state index in [4.69, 9.17) is 11.5 Å². The first kappa shape index (κ1) is 50.3. The lowest BCUT2D eigenvalue weighted by molar-refractivity contribution is -0.128. The zero-order valence-electron chi connectivity index (χ0n) is 34.7. The molecule has 0 aliphatic carbocycles. The van der Waals surface area contributed by atoms with E-state index in [-0.39, 0.29) is 30.9 Å². The summed E-state index contributed by atoms with van der Waals surface area (Å²) in [5.41, 5.74) is 11.3. The Labute approximate surface area is 322 Å². The van der Waals surface area contributed by atoms with Gasteiger partial charge in [-0.05, 0) is 32.2 Å². The summed E-state index contributed by atoms with van der Waals surface area (Å²) in [7, 11) is 0. The van der Waals surface area contributed by atoms with Crippen molar-refractivity contribution < 1.29 is 14.4 Å². The van der Waals surface area contributed by atoms with Crippen LogP contribution < -0.4 is 27.4 Å². The standard InChI is InChI=1S/C44H89N5O3/c1-3-5-7-9-11-13-15-17-19-21-23-25-27-29-31-34-40(35-32-30-28-26-24-22-20-18-16-14-12-10-8-6-4-2)49-43(51)39-47-42(50)38-48-44(52)41(46)36-33-37-45/h40-41H,3-39,45-46H2,1-2H3,(H,47,50)(H,48,52)(H,49,51)/t41-/m0/s1. The minimum absolute atomic E-state index is 0.0812. The largest absolute Gasteiger partial charge is 0.352 e. The highest BCUT2D eigenvalue weighted by Gasteiger charge is 2.16. The number of carbonyl (C=O) groups excluding carboxylic acids is 3. The Bertz CT molecular complexity index is 762. The zero-order chi connectivity index (χ0) is 38.2. The molecule has 308 valence electrons. The van der Waals surface area contributed by atoms with Gasteiger partial charge in [-0.15, -0.1) is 0 Å². The molecule has 0 aromatic heterocycles. The van der Waals surface area contributed by atoms with Crippen LogP contribution in [0.5, 0.6) is 0 Å². The Kier molecular flexibility index (Phi) is 39.2. The van der Waals surface area contributed by atoms with Gasteiger partial charge in [0.05, 0.1) is 19.1 Å². The van der Waals surface area contributed by atoms with Crippen LogP contribution in [-0.4, -0.2) is 49.4 Å². The summed E-state index contributed by atoms with van der Waals surface area (Å²) >= 11 is 0. The molecule has 8 nitrogen and oxygen atoms in total. The second-order valence-corrected chi connectivity index (χ2v) is 15.8. The predicted octanol–water partition coefficient (Wildman–Crippen LogP) is 10.3. The highest BCUT2D eigenvalue weighted by atomic mass is 16.2. The molecule has 0 bridgehead atoms. The maximum Gasteiger partial charge on any atom is 0.239 e. The van der Waals surface area contributed by atoms with Crippen molar-refractivity contribution in [3.8, 4) is 0 Å². The van der Waals surface area contributed by atoms with Crippen LogP contribution in [0, 0.1) is 0 Å². The van der Waals surface area contributed by atoms with Gasteiger partial charge in [0.2, 0.25) is 17.7 Å². The van der Waals surface area contributed by atoms with Gasteiger partial charge in [-0.25, -0.2) is 0 Å². The number of hydrogen-bond acceptors (Lipinski definition) is 5. The maximum absolute atomic E-state index is 12.8. The van der Waals surface area contributed by atoms with Crippen molar-refractivity contribution >= 4 is 17.7 Å². The van der Waals surface area contributed by atoms with Gasteiger partial charge < -0.3 is 27.4 Å². The minimum atomic E-state index is -0.681. The Morgan fingerprint density at radius 1 is 0.423 bits per heavy atom. The van der Waals surface area contributed by atoms with Crippen LogP contribution >= 0.6 is 0 Å². The normalized spacial score (nSPS) is 11.9. The van der Waals surface area contributed by atoms with Crippen molar-refractivity contribution in [1.29, 1.82) is 0 Å². The molecule has 0 aromatic carbocycles. The van der Waals surface area contributed by atoms with Gasteiger partial charge in [0.1, 0.15) is 0 Å². The fourth-order valence-corrected chi connectivity index (χ4v) is 7.10. The van der Waals surface area contributed by atoms with Gasteiger partial charge in [-0.3, -0.25) is 14.4 Å². The Balaban J connectivity index is 4.27. The van der Waals surface area contributed by atoms with E-state index in [0.717, 1.165) is 25.7 Å². The molecule has 0 saturated carbocycles. The summed E-state index contributed by atoms with van der Waals surface area (Å²) in [6.45, 7) is 4.76. The Hall–Kier alpha value is -1.67. The van der Waals surface area contributed by atoms with Crippen LogP contribution in [0.4, 0.5) is 0 Å². The lowest BCUT2D eigenvalue weighted by Crippen LogP contribution is -2.47. The van der Waals surface area contributed by atoms with Gasteiger partial charge in [-0.2, -0.15) is 0 Å². The summed E-state index contributed by atoms with van der Waals surface area (Å²) in [4.78, 5) is 37.1. The molecule has 0 aromatic rings. The number of rotatable bonds is 41. The van der Waals surface area contributed by atoms with E-state index in [2.05, 4.69) is 29.8 Å². The lowest BCUT2D eigenvalue weighted by Gasteiger charge is -2.19. The molecule has 0 saturated heterocycles. The molecule has 3 amide bonds. The first-order valence-electron chi connectivity index (χ1n) is 22.7. The summed E-state index contributed by atoms with van der Waals surface area (Å²) in [6.07, 6.45) is 43.5. The van der Waals surface area contributed by atoms with Gasteiger partial charge in [0.15, 0.2) is 0 Å². The Morgan fingerprint density at radius 2 is 0.750 bits per heavy atom. The van der Waals surface area contributed by atoms with Crippen molar-refractivity contribution in [1.82, 2.24) is 16.0 Å². The number of carbonyl (C=O) groups is 3. The highest BCUT2D eigenvalue weighted by molar-refractivity contribution is 5.89. The third-order valence-electron chi connectivity index (χ3n) is 10.6. The van der Waals surface area contributed by atoms with Crippen molar-refractivity contribution in [2.45, 2.75) is 244 Å².